The van der Waals surface area contributed by atoms with Gasteiger partial charge in [0.1, 0.15) is 28.6 Å². The third kappa shape index (κ3) is 3.96. The number of primary amides is 1. The number of amides is 1. The maximum atomic E-state index is 13.8. The van der Waals surface area contributed by atoms with Gasteiger partial charge < -0.3 is 36.0 Å². The van der Waals surface area contributed by atoms with Gasteiger partial charge in [0, 0.05) is 5.92 Å². The fourth-order valence-electron chi connectivity index (χ4n) is 6.32. The number of phenolic OH excluding ortho intramolecular Hbond substituents is 1. The van der Waals surface area contributed by atoms with Crippen molar-refractivity contribution in [2.45, 2.75) is 24.7 Å². The second-order valence-corrected chi connectivity index (χ2v) is 10.5. The first kappa shape index (κ1) is 28.1. The zero-order chi connectivity index (χ0) is 30.0. The highest BCUT2D eigenvalue weighted by Gasteiger charge is 2.67. The van der Waals surface area contributed by atoms with Crippen LogP contribution in [0.25, 0.3) is 11.6 Å². The number of hydrogen-bond donors (Lipinski definition) is 6. The third-order valence-corrected chi connectivity index (χ3v) is 8.04. The molecule has 0 bridgehead atoms. The highest BCUT2D eigenvalue weighted by atomic mass is 16.5. The summed E-state index contributed by atoms with van der Waals surface area (Å²) >= 11 is 0. The highest BCUT2D eigenvalue weighted by Crippen LogP contribution is 2.55. The summed E-state index contributed by atoms with van der Waals surface area (Å²) in [4.78, 5) is 40.9. The summed E-state index contributed by atoms with van der Waals surface area (Å²) in [5.41, 5.74) is 1.93. The Hall–Kier alpha value is -4.45. The second kappa shape index (κ2) is 9.88. The van der Waals surface area contributed by atoms with Crippen molar-refractivity contribution < 1.29 is 44.7 Å². The number of nitrogens with zero attached hydrogens (tertiary/aromatic N) is 1. The van der Waals surface area contributed by atoms with Crippen LogP contribution in [0.15, 0.2) is 65.1 Å². The molecule has 5 atom stereocenters. The van der Waals surface area contributed by atoms with Crippen LogP contribution in [-0.4, -0.2) is 86.4 Å². The first-order valence-corrected chi connectivity index (χ1v) is 13.0. The van der Waals surface area contributed by atoms with E-state index in [1.165, 1.54) is 31.1 Å². The van der Waals surface area contributed by atoms with Gasteiger partial charge in [0.2, 0.25) is 5.78 Å². The maximum absolute atomic E-state index is 13.8. The number of fused-ring (bicyclic) bond motifs is 3. The van der Waals surface area contributed by atoms with E-state index in [-0.39, 0.29) is 11.1 Å². The fraction of sp³-hybridized carbons (Fsp3) is 0.300. The van der Waals surface area contributed by atoms with E-state index >= 15 is 0 Å². The summed E-state index contributed by atoms with van der Waals surface area (Å²) in [5, 5.41) is 57.0. The van der Waals surface area contributed by atoms with E-state index in [4.69, 9.17) is 10.5 Å². The lowest BCUT2D eigenvalue weighted by Crippen LogP contribution is -2.68. The predicted molar refractivity (Wildman–Crippen MR) is 147 cm³/mol. The minimum atomic E-state index is -2.99. The van der Waals surface area contributed by atoms with Gasteiger partial charge in [-0.3, -0.25) is 19.3 Å². The number of carbonyl (C=O) groups excluding carboxylic acids is 3. The number of aliphatic hydroxyl groups is 4. The number of likely N-dealkylation sites (N-methyl/N-ethyl adjacent to an activating group) is 1. The van der Waals surface area contributed by atoms with Gasteiger partial charge >= 0.3 is 0 Å². The van der Waals surface area contributed by atoms with Crippen molar-refractivity contribution in [3.63, 3.8) is 0 Å². The Morgan fingerprint density at radius 2 is 1.76 bits per heavy atom. The van der Waals surface area contributed by atoms with Crippen LogP contribution in [0.2, 0.25) is 0 Å². The van der Waals surface area contributed by atoms with Crippen molar-refractivity contribution in [2.75, 3.05) is 20.7 Å². The molecular formula is C30H30N2O9. The minimum absolute atomic E-state index is 0.197. The second-order valence-electron chi connectivity index (χ2n) is 10.5. The Morgan fingerprint density at radius 1 is 1.10 bits per heavy atom. The largest absolute Gasteiger partial charge is 0.510 e. The third-order valence-electron chi connectivity index (χ3n) is 8.04. The van der Waals surface area contributed by atoms with Gasteiger partial charge in [-0.25, -0.2) is 0 Å². The molecule has 0 aliphatic heterocycles. The average molecular weight is 563 g/mol. The number of phenols is 1. The number of ketones is 2. The predicted octanol–water partition coefficient (Wildman–Crippen LogP) is 1.49. The van der Waals surface area contributed by atoms with Crippen LogP contribution in [0, 0.1) is 11.8 Å². The van der Waals surface area contributed by atoms with E-state index in [1.807, 2.05) is 6.92 Å². The number of nitrogens with two attached hydrogens (primary N) is 1. The molecule has 2 aromatic carbocycles. The van der Waals surface area contributed by atoms with Crippen molar-refractivity contribution >= 4 is 29.1 Å². The van der Waals surface area contributed by atoms with Crippen molar-refractivity contribution in [1.29, 1.82) is 0 Å². The molecule has 3 aliphatic carbocycles. The minimum Gasteiger partial charge on any atom is -0.510 e. The van der Waals surface area contributed by atoms with Gasteiger partial charge in [0.15, 0.2) is 11.4 Å². The summed E-state index contributed by atoms with van der Waals surface area (Å²) < 4.78 is 5.50. The molecule has 0 spiro atoms. The van der Waals surface area contributed by atoms with Crippen molar-refractivity contribution in [3.8, 4) is 11.5 Å². The van der Waals surface area contributed by atoms with E-state index in [9.17, 15) is 39.9 Å². The van der Waals surface area contributed by atoms with Gasteiger partial charge in [-0.2, -0.15) is 0 Å². The fourth-order valence-corrected chi connectivity index (χ4v) is 6.32. The molecule has 0 saturated carbocycles. The zero-order valence-corrected chi connectivity index (χ0v) is 22.5. The normalized spacial score (nSPS) is 28.5. The van der Waals surface area contributed by atoms with Gasteiger partial charge in [-0.15, -0.1) is 0 Å². The number of Topliss-reactive ketones (excluding diaryl/α,β-unsaturated/α-hetero) is 2. The topological polar surface area (TPSA) is 191 Å². The van der Waals surface area contributed by atoms with Crippen LogP contribution in [-0.2, 0) is 9.59 Å². The maximum Gasteiger partial charge on any atom is 0.255 e. The van der Waals surface area contributed by atoms with E-state index in [0.717, 1.165) is 0 Å². The Kier molecular flexibility index (Phi) is 6.77. The lowest BCUT2D eigenvalue weighted by Gasteiger charge is -2.52. The van der Waals surface area contributed by atoms with E-state index < -0.39 is 75.5 Å². The van der Waals surface area contributed by atoms with Gasteiger partial charge in [0.05, 0.1) is 35.8 Å². The average Bonchev–Trinajstić information content (AvgIpc) is 2.91. The molecule has 3 aliphatic rings. The van der Waals surface area contributed by atoms with Gasteiger partial charge in [-0.05, 0) is 55.9 Å². The number of aliphatic hydroxyl groups excluding tert-OH is 3. The molecule has 7 N–H and O–H groups in total. The van der Waals surface area contributed by atoms with Crippen molar-refractivity contribution in [2.24, 2.45) is 17.6 Å². The molecule has 0 aromatic heterocycles. The Morgan fingerprint density at radius 3 is 2.34 bits per heavy atom. The van der Waals surface area contributed by atoms with Crippen LogP contribution in [0.5, 0.6) is 11.5 Å². The summed E-state index contributed by atoms with van der Waals surface area (Å²) in [5.74, 6) is -8.28. The van der Waals surface area contributed by atoms with E-state index in [1.54, 1.807) is 36.4 Å². The van der Waals surface area contributed by atoms with E-state index in [0.29, 0.717) is 23.5 Å². The molecule has 11 nitrogen and oxygen atoms in total. The van der Waals surface area contributed by atoms with E-state index in [2.05, 4.69) is 0 Å². The van der Waals surface area contributed by atoms with Gasteiger partial charge in [0.25, 0.3) is 5.91 Å². The molecule has 0 radical (unpaired) electrons. The molecule has 5 rings (SSSR count). The smallest absolute Gasteiger partial charge is 0.255 e. The molecule has 214 valence electrons. The number of ether oxygens (including phenoxy) is 1. The first-order chi connectivity index (χ1) is 19.4. The molecule has 0 unspecified atom stereocenters. The van der Waals surface area contributed by atoms with Gasteiger partial charge in [-0.1, -0.05) is 30.3 Å². The SMILES string of the molecule is CCOc1ccc(/C=C2\c3cccc(O)c3C(=O)C3=C(O)[C@@]4(O)C(=O)C(C(N)=O)=C(O)[C@H](N(C)C)[C@H]4[C@H](O)[C@H]32)cc1. The first-order valence-electron chi connectivity index (χ1n) is 13.0. The summed E-state index contributed by atoms with van der Waals surface area (Å²) in [6.07, 6.45) is -0.0848. The molecule has 1 amide bonds. The number of aromatic hydroxyl groups is 1. The summed E-state index contributed by atoms with van der Waals surface area (Å²) in [6.45, 7) is 2.31. The molecule has 0 saturated heterocycles. The molecule has 0 fully saturated rings. The Bertz CT molecular complexity index is 1570. The van der Waals surface area contributed by atoms with Crippen LogP contribution < -0.4 is 10.5 Å². The van der Waals surface area contributed by atoms with Crippen LogP contribution in [0.3, 0.4) is 0 Å². The van der Waals surface area contributed by atoms with Crippen LogP contribution in [0.4, 0.5) is 0 Å². The zero-order valence-electron chi connectivity index (χ0n) is 22.5. The number of benzene rings is 2. The van der Waals surface area contributed by atoms with Crippen LogP contribution in [0.1, 0.15) is 28.4 Å². The molecule has 41 heavy (non-hydrogen) atoms. The number of rotatable bonds is 5. The van der Waals surface area contributed by atoms with Crippen molar-refractivity contribution in [3.05, 3.63) is 81.8 Å². The standard InChI is InChI=1S/C30H30N2O9/c1-4-41-14-10-8-13(9-11-14)12-16-15-6-5-7-17(33)18(15)24(34)20-19(16)25(35)22-23(32(2)3)26(36)21(29(31)39)28(38)30(22,40)27(20)37/h5-12,19,22-23,25,33,35-37,40H,4H2,1-3H3,(H2,31,39)/b16-12+/t19-,22-,23+,25+,30+/m0/s1. The molecule has 11 heteroatoms. The lowest BCUT2D eigenvalue weighted by atomic mass is 9.56. The van der Waals surface area contributed by atoms with Crippen LogP contribution >= 0.6 is 0 Å². The lowest BCUT2D eigenvalue weighted by molar-refractivity contribution is -0.159. The summed E-state index contributed by atoms with van der Waals surface area (Å²) in [7, 11) is 2.96. The molecule has 2 aromatic rings. The number of carbonyl (C=O) groups is 3. The monoisotopic (exact) mass is 562 g/mol. The van der Waals surface area contributed by atoms with Crippen molar-refractivity contribution in [1.82, 2.24) is 4.90 Å². The highest BCUT2D eigenvalue weighted by molar-refractivity contribution is 6.25. The Labute approximate surface area is 235 Å². The quantitative estimate of drug-likeness (QED) is 0.291. The number of hydrogen-bond acceptors (Lipinski definition) is 10. The molecular weight excluding hydrogens is 532 g/mol. The Balaban J connectivity index is 1.82. The summed E-state index contributed by atoms with van der Waals surface area (Å²) in [6, 6.07) is 9.96. The molecule has 0 heterocycles.